The fraction of sp³-hybridized carbons (Fsp3) is 0.846. The van der Waals surface area contributed by atoms with Gasteiger partial charge in [-0.15, -0.1) is 0 Å². The van der Waals surface area contributed by atoms with E-state index in [2.05, 4.69) is 53.6 Å². The highest BCUT2D eigenvalue weighted by atomic mass is 16.7. The summed E-state index contributed by atoms with van der Waals surface area (Å²) in [5, 5.41) is 0. The van der Waals surface area contributed by atoms with Gasteiger partial charge in [-0.05, 0) is 46.5 Å². The van der Waals surface area contributed by atoms with Crippen molar-refractivity contribution >= 4 is 7.12 Å². The highest BCUT2D eigenvalue weighted by Crippen LogP contribution is 2.36. The lowest BCUT2D eigenvalue weighted by Crippen LogP contribution is -2.41. The summed E-state index contributed by atoms with van der Waals surface area (Å²) in [6.45, 7) is 12.7. The Hall–Kier alpha value is -0.275. The van der Waals surface area contributed by atoms with E-state index in [0.717, 1.165) is 0 Å². The molecular weight excluding hydrogens is 199 g/mol. The Morgan fingerprint density at radius 3 is 1.81 bits per heavy atom. The van der Waals surface area contributed by atoms with Crippen LogP contribution in [0.1, 0.15) is 54.4 Å². The van der Waals surface area contributed by atoms with Gasteiger partial charge in [0.25, 0.3) is 0 Å². The van der Waals surface area contributed by atoms with Gasteiger partial charge in [0, 0.05) is 0 Å². The largest absolute Gasteiger partial charge is 0.486 e. The number of rotatable bonds is 4. The molecule has 0 atom stereocenters. The molecule has 0 amide bonds. The van der Waals surface area contributed by atoms with Gasteiger partial charge in [0.05, 0.1) is 11.2 Å². The maximum Gasteiger partial charge on any atom is 0.486 e. The molecule has 0 saturated carbocycles. The average molecular weight is 224 g/mol. The van der Waals surface area contributed by atoms with Gasteiger partial charge in [0.1, 0.15) is 0 Å². The molecule has 0 aliphatic carbocycles. The molecule has 0 aromatic carbocycles. The quantitative estimate of drug-likeness (QED) is 0.679. The van der Waals surface area contributed by atoms with Crippen LogP contribution in [0.25, 0.3) is 0 Å². The highest BCUT2D eigenvalue weighted by Gasteiger charge is 2.49. The van der Waals surface area contributed by atoms with Crippen molar-refractivity contribution in [3.05, 3.63) is 12.1 Å². The molecule has 0 spiro atoms. The lowest BCUT2D eigenvalue weighted by atomic mass is 9.87. The zero-order chi connectivity index (χ0) is 12.4. The summed E-state index contributed by atoms with van der Waals surface area (Å²) < 4.78 is 11.8. The molecule has 0 aromatic rings. The van der Waals surface area contributed by atoms with Crippen molar-refractivity contribution in [2.75, 3.05) is 0 Å². The molecule has 1 saturated heterocycles. The summed E-state index contributed by atoms with van der Waals surface area (Å²) in [4.78, 5) is 0. The molecule has 2 nitrogen and oxygen atoms in total. The normalized spacial score (nSPS) is 23.6. The van der Waals surface area contributed by atoms with E-state index < -0.39 is 0 Å². The molecule has 0 bridgehead atoms. The van der Waals surface area contributed by atoms with Crippen LogP contribution in [0.5, 0.6) is 0 Å². The third-order valence-electron chi connectivity index (χ3n) is 3.86. The number of hydrogen-bond donors (Lipinski definition) is 0. The maximum atomic E-state index is 5.89. The fourth-order valence-corrected chi connectivity index (χ4v) is 1.78. The Bertz CT molecular complexity index is 239. The van der Waals surface area contributed by atoms with E-state index in [1.54, 1.807) is 0 Å². The third kappa shape index (κ3) is 2.89. The van der Waals surface area contributed by atoms with Crippen LogP contribution in [-0.4, -0.2) is 18.3 Å². The lowest BCUT2D eigenvalue weighted by Gasteiger charge is -2.32. The van der Waals surface area contributed by atoms with Crippen molar-refractivity contribution in [1.29, 1.82) is 0 Å². The monoisotopic (exact) mass is 224 g/mol. The summed E-state index contributed by atoms with van der Waals surface area (Å²) in [5.74, 6) is 2.70. The second-order valence-electron chi connectivity index (χ2n) is 5.59. The highest BCUT2D eigenvalue weighted by molar-refractivity contribution is 6.51. The Morgan fingerprint density at radius 1 is 1.00 bits per heavy atom. The fourth-order valence-electron chi connectivity index (χ4n) is 1.78. The lowest BCUT2D eigenvalue weighted by molar-refractivity contribution is 0.00578. The summed E-state index contributed by atoms with van der Waals surface area (Å²) in [6, 6.07) is 0. The summed E-state index contributed by atoms with van der Waals surface area (Å²) in [6.07, 6.45) is 4.57. The molecule has 1 rings (SSSR count). The van der Waals surface area contributed by atoms with Crippen LogP contribution in [0, 0.1) is 5.92 Å². The zero-order valence-electron chi connectivity index (χ0n) is 11.5. The van der Waals surface area contributed by atoms with Crippen LogP contribution in [-0.2, 0) is 9.31 Å². The van der Waals surface area contributed by atoms with Gasteiger partial charge < -0.3 is 9.31 Å². The SMILES string of the molecule is CCC(C=CB1OC(C)(C)C(C)(C)O1)CC. The minimum atomic E-state index is -0.226. The third-order valence-corrected chi connectivity index (χ3v) is 3.86. The van der Waals surface area contributed by atoms with E-state index >= 15 is 0 Å². The predicted octanol–water partition coefficient (Wildman–Crippen LogP) is 3.61. The predicted molar refractivity (Wildman–Crippen MR) is 69.3 cm³/mol. The first-order valence-corrected chi connectivity index (χ1v) is 6.36. The van der Waals surface area contributed by atoms with Gasteiger partial charge in [0.2, 0.25) is 0 Å². The number of hydrogen-bond acceptors (Lipinski definition) is 2. The molecular formula is C13H25BO2. The van der Waals surface area contributed by atoms with Gasteiger partial charge in [-0.2, -0.15) is 0 Å². The van der Waals surface area contributed by atoms with E-state index in [1.807, 2.05) is 0 Å². The average Bonchev–Trinajstić information content (AvgIpc) is 2.37. The van der Waals surface area contributed by atoms with Crippen LogP contribution in [0.4, 0.5) is 0 Å². The van der Waals surface area contributed by atoms with Crippen LogP contribution < -0.4 is 0 Å². The zero-order valence-corrected chi connectivity index (χ0v) is 11.5. The first-order valence-electron chi connectivity index (χ1n) is 6.36. The van der Waals surface area contributed by atoms with Crippen LogP contribution in [0.2, 0.25) is 0 Å². The molecule has 0 radical (unpaired) electrons. The van der Waals surface area contributed by atoms with E-state index in [-0.39, 0.29) is 18.3 Å². The van der Waals surface area contributed by atoms with E-state index in [0.29, 0.717) is 5.92 Å². The van der Waals surface area contributed by atoms with Gasteiger partial charge in [-0.1, -0.05) is 25.9 Å². The van der Waals surface area contributed by atoms with Crippen molar-refractivity contribution < 1.29 is 9.31 Å². The molecule has 16 heavy (non-hydrogen) atoms. The minimum absolute atomic E-state index is 0.189. The first-order chi connectivity index (χ1) is 7.32. The first kappa shape index (κ1) is 13.8. The van der Waals surface area contributed by atoms with Gasteiger partial charge in [-0.3, -0.25) is 0 Å². The summed E-state index contributed by atoms with van der Waals surface area (Å²) in [5.41, 5.74) is -0.453. The molecule has 0 N–H and O–H groups in total. The van der Waals surface area contributed by atoms with E-state index in [1.165, 1.54) is 12.8 Å². The van der Waals surface area contributed by atoms with Crippen LogP contribution in [0.15, 0.2) is 12.1 Å². The Morgan fingerprint density at radius 2 is 1.44 bits per heavy atom. The maximum absolute atomic E-state index is 5.89. The molecule has 92 valence electrons. The summed E-state index contributed by atoms with van der Waals surface area (Å²) in [7, 11) is -0.189. The minimum Gasteiger partial charge on any atom is -0.400 e. The molecule has 1 fully saturated rings. The molecule has 0 aromatic heterocycles. The van der Waals surface area contributed by atoms with E-state index in [4.69, 9.17) is 9.31 Å². The topological polar surface area (TPSA) is 18.5 Å². The van der Waals surface area contributed by atoms with Gasteiger partial charge in [0.15, 0.2) is 0 Å². The molecule has 3 heteroatoms. The van der Waals surface area contributed by atoms with Crippen LogP contribution in [0.3, 0.4) is 0 Å². The second-order valence-corrected chi connectivity index (χ2v) is 5.59. The molecule has 0 unspecified atom stereocenters. The van der Waals surface area contributed by atoms with Gasteiger partial charge >= 0.3 is 7.12 Å². The standard InChI is InChI=1S/C13H25BO2/c1-7-11(8-2)9-10-14-15-12(3,4)13(5,6)16-14/h9-11H,7-8H2,1-6H3. The Labute approximate surface area is 101 Å². The van der Waals surface area contributed by atoms with Crippen molar-refractivity contribution in [1.82, 2.24) is 0 Å². The second kappa shape index (κ2) is 4.93. The van der Waals surface area contributed by atoms with Gasteiger partial charge in [-0.25, -0.2) is 0 Å². The smallest absolute Gasteiger partial charge is 0.400 e. The van der Waals surface area contributed by atoms with Crippen molar-refractivity contribution in [3.63, 3.8) is 0 Å². The summed E-state index contributed by atoms with van der Waals surface area (Å²) >= 11 is 0. The molecule has 1 aliphatic heterocycles. The van der Waals surface area contributed by atoms with E-state index in [9.17, 15) is 0 Å². The Balaban J connectivity index is 2.60. The van der Waals surface area contributed by atoms with Crippen molar-refractivity contribution in [3.8, 4) is 0 Å². The van der Waals surface area contributed by atoms with Crippen LogP contribution >= 0.6 is 0 Å². The Kier molecular flexibility index (Phi) is 4.25. The molecule has 1 heterocycles. The van der Waals surface area contributed by atoms with Crippen molar-refractivity contribution in [2.24, 2.45) is 5.92 Å². The number of allylic oxidation sites excluding steroid dienone is 1. The molecule has 1 aliphatic rings. The van der Waals surface area contributed by atoms with Crippen molar-refractivity contribution in [2.45, 2.75) is 65.6 Å².